The SMILES string of the molecule is C1=C(CC23CC4CC(CC(C4)C2)C3)Cc2cccc(-c3ccc4ccccc4c3)c21.[Zr]. The predicted octanol–water partition coefficient (Wildman–Crippen LogP) is 8.05. The van der Waals surface area contributed by atoms with Gasteiger partial charge in [0, 0.05) is 26.2 Å². The van der Waals surface area contributed by atoms with Gasteiger partial charge in [0.25, 0.3) is 0 Å². The van der Waals surface area contributed by atoms with Crippen molar-refractivity contribution in [2.24, 2.45) is 23.2 Å². The molecule has 0 N–H and O–H groups in total. The summed E-state index contributed by atoms with van der Waals surface area (Å²) in [5, 5.41) is 2.66. The van der Waals surface area contributed by atoms with Gasteiger partial charge >= 0.3 is 0 Å². The van der Waals surface area contributed by atoms with Gasteiger partial charge in [0.15, 0.2) is 0 Å². The maximum atomic E-state index is 2.58. The molecule has 3 aromatic rings. The van der Waals surface area contributed by atoms with Gasteiger partial charge in [-0.15, -0.1) is 0 Å². The van der Waals surface area contributed by atoms with Gasteiger partial charge in [0.05, 0.1) is 0 Å². The van der Waals surface area contributed by atoms with Crippen LogP contribution in [0.1, 0.15) is 56.1 Å². The summed E-state index contributed by atoms with van der Waals surface area (Å²) < 4.78 is 0. The van der Waals surface area contributed by atoms with Crippen LogP contribution in [0.5, 0.6) is 0 Å². The molecule has 0 aliphatic heterocycles. The van der Waals surface area contributed by atoms with Crippen molar-refractivity contribution >= 4 is 16.8 Å². The summed E-state index contributed by atoms with van der Waals surface area (Å²) in [5.74, 6) is 3.15. The van der Waals surface area contributed by atoms with Crippen LogP contribution in [0.15, 0.2) is 66.2 Å². The molecule has 4 fully saturated rings. The summed E-state index contributed by atoms with van der Waals surface area (Å²) in [6.07, 6.45) is 14.3. The van der Waals surface area contributed by atoms with Crippen LogP contribution in [0.4, 0.5) is 0 Å². The second-order valence-electron chi connectivity index (χ2n) is 11.0. The Bertz CT molecular complexity index is 1150. The van der Waals surface area contributed by atoms with Gasteiger partial charge in [-0.25, -0.2) is 0 Å². The van der Waals surface area contributed by atoms with Crippen LogP contribution in [0.3, 0.4) is 0 Å². The molecule has 0 unspecified atom stereocenters. The third-order valence-corrected chi connectivity index (χ3v) is 8.79. The second kappa shape index (κ2) is 7.55. The monoisotopic (exact) mass is 480 g/mol. The van der Waals surface area contributed by atoms with Crippen molar-refractivity contribution in [3.8, 4) is 11.1 Å². The van der Waals surface area contributed by atoms with E-state index in [1.54, 1.807) is 30.4 Å². The number of fused-ring (bicyclic) bond motifs is 2. The molecule has 154 valence electrons. The quantitative estimate of drug-likeness (QED) is 0.355. The zero-order valence-corrected chi connectivity index (χ0v) is 20.7. The molecule has 3 aromatic carbocycles. The van der Waals surface area contributed by atoms with Crippen LogP contribution >= 0.6 is 0 Å². The largest absolute Gasteiger partial charge is 0.0646 e. The summed E-state index contributed by atoms with van der Waals surface area (Å²) in [6, 6.07) is 22.6. The molecule has 5 aliphatic rings. The van der Waals surface area contributed by atoms with Crippen molar-refractivity contribution in [3.63, 3.8) is 0 Å². The van der Waals surface area contributed by atoms with E-state index in [2.05, 4.69) is 66.7 Å². The normalized spacial score (nSPS) is 30.2. The zero-order chi connectivity index (χ0) is 19.7. The van der Waals surface area contributed by atoms with E-state index in [9.17, 15) is 0 Å². The van der Waals surface area contributed by atoms with Crippen molar-refractivity contribution < 1.29 is 26.2 Å². The molecule has 0 saturated heterocycles. The minimum Gasteiger partial charge on any atom is -0.0646 e. The molecular weight excluding hydrogens is 452 g/mol. The average molecular weight is 482 g/mol. The Hall–Kier alpha value is -1.46. The molecule has 0 spiro atoms. The fraction of sp³-hybridized carbons (Fsp3) is 0.400. The smallest absolute Gasteiger partial charge is 0 e. The number of hydrogen-bond donors (Lipinski definition) is 0. The molecule has 31 heavy (non-hydrogen) atoms. The number of hydrogen-bond acceptors (Lipinski definition) is 0. The molecule has 0 radical (unpaired) electrons. The van der Waals surface area contributed by atoms with Crippen LogP contribution < -0.4 is 0 Å². The first-order valence-electron chi connectivity index (χ1n) is 12.0. The minimum atomic E-state index is 0. The average Bonchev–Trinajstić information content (AvgIpc) is 3.14. The van der Waals surface area contributed by atoms with E-state index in [1.165, 1.54) is 59.6 Å². The zero-order valence-electron chi connectivity index (χ0n) is 18.2. The Morgan fingerprint density at radius 3 is 2.19 bits per heavy atom. The van der Waals surface area contributed by atoms with Gasteiger partial charge in [-0.2, -0.15) is 0 Å². The third-order valence-electron chi connectivity index (χ3n) is 8.79. The number of allylic oxidation sites excluding steroid dienone is 1. The Labute approximate surface area is 205 Å². The Morgan fingerprint density at radius 1 is 0.742 bits per heavy atom. The molecule has 0 nitrogen and oxygen atoms in total. The van der Waals surface area contributed by atoms with Gasteiger partial charge in [-0.1, -0.05) is 66.2 Å². The van der Waals surface area contributed by atoms with Crippen LogP contribution in [0, 0.1) is 23.2 Å². The number of rotatable bonds is 3. The van der Waals surface area contributed by atoms with Crippen molar-refractivity contribution in [1.82, 2.24) is 0 Å². The summed E-state index contributed by atoms with van der Waals surface area (Å²) in [5.41, 5.74) is 8.16. The van der Waals surface area contributed by atoms with Crippen LogP contribution in [-0.2, 0) is 32.6 Å². The van der Waals surface area contributed by atoms with E-state index in [0.29, 0.717) is 5.41 Å². The second-order valence-corrected chi connectivity index (χ2v) is 11.0. The van der Waals surface area contributed by atoms with Crippen molar-refractivity contribution in [1.29, 1.82) is 0 Å². The molecule has 0 heterocycles. The van der Waals surface area contributed by atoms with E-state index in [0.717, 1.165) is 17.8 Å². The Kier molecular flexibility index (Phi) is 4.91. The standard InChI is InChI=1S/C30H30.Zr/c1-2-5-25-15-27(9-8-24(25)4-1)28-7-3-6-26-13-23(14-29(26)28)19-30-16-20-10-21(17-30)12-22(11-20)18-30;/h1-9,14-15,20-22H,10-13,16-19H2;. The molecule has 0 atom stereocenters. The molecule has 8 rings (SSSR count). The summed E-state index contributed by atoms with van der Waals surface area (Å²) in [4.78, 5) is 0. The maximum Gasteiger partial charge on any atom is 0 e. The molecule has 0 amide bonds. The fourth-order valence-corrected chi connectivity index (χ4v) is 8.15. The summed E-state index contributed by atoms with van der Waals surface area (Å²) in [7, 11) is 0. The molecule has 0 aromatic heterocycles. The van der Waals surface area contributed by atoms with Gasteiger partial charge in [-0.05, 0) is 114 Å². The van der Waals surface area contributed by atoms with Crippen LogP contribution in [0.2, 0.25) is 0 Å². The van der Waals surface area contributed by atoms with Crippen LogP contribution in [0.25, 0.3) is 28.0 Å². The number of benzene rings is 3. The van der Waals surface area contributed by atoms with E-state index >= 15 is 0 Å². The van der Waals surface area contributed by atoms with Crippen molar-refractivity contribution in [2.45, 2.75) is 51.4 Å². The molecule has 4 saturated carbocycles. The molecule has 5 aliphatic carbocycles. The van der Waals surface area contributed by atoms with Gasteiger partial charge in [0.1, 0.15) is 0 Å². The summed E-state index contributed by atoms with van der Waals surface area (Å²) in [6.45, 7) is 0. The van der Waals surface area contributed by atoms with Gasteiger partial charge < -0.3 is 0 Å². The van der Waals surface area contributed by atoms with Crippen molar-refractivity contribution in [2.75, 3.05) is 0 Å². The van der Waals surface area contributed by atoms with E-state index < -0.39 is 0 Å². The fourth-order valence-electron chi connectivity index (χ4n) is 8.15. The first kappa shape index (κ1) is 20.2. The Balaban J connectivity index is 0.00000185. The summed E-state index contributed by atoms with van der Waals surface area (Å²) >= 11 is 0. The van der Waals surface area contributed by atoms with E-state index in [1.807, 2.05) is 0 Å². The maximum absolute atomic E-state index is 2.58. The first-order chi connectivity index (χ1) is 14.7. The topological polar surface area (TPSA) is 0 Å². The van der Waals surface area contributed by atoms with Crippen LogP contribution in [-0.4, -0.2) is 0 Å². The predicted molar refractivity (Wildman–Crippen MR) is 126 cm³/mol. The molecular formula is C30H30Zr. The van der Waals surface area contributed by atoms with Gasteiger partial charge in [0.2, 0.25) is 0 Å². The third kappa shape index (κ3) is 3.43. The van der Waals surface area contributed by atoms with E-state index in [4.69, 9.17) is 0 Å². The Morgan fingerprint density at radius 2 is 1.45 bits per heavy atom. The van der Waals surface area contributed by atoms with E-state index in [-0.39, 0.29) is 26.2 Å². The van der Waals surface area contributed by atoms with Crippen molar-refractivity contribution in [3.05, 3.63) is 77.4 Å². The van der Waals surface area contributed by atoms with Gasteiger partial charge in [-0.3, -0.25) is 0 Å². The first-order valence-corrected chi connectivity index (χ1v) is 12.0. The molecule has 1 heteroatoms. The molecule has 4 bridgehead atoms. The minimum absolute atomic E-state index is 0.